The average molecular weight is 272 g/mol. The molecule has 5 heteroatoms. The predicted molar refractivity (Wildman–Crippen MR) is 75.7 cm³/mol. The fourth-order valence-electron chi connectivity index (χ4n) is 2.01. The van der Waals surface area contributed by atoms with Crippen molar-refractivity contribution < 1.29 is 14.7 Å². The Kier molecular flexibility index (Phi) is 10.2. The molecule has 0 saturated heterocycles. The van der Waals surface area contributed by atoms with E-state index in [1.165, 1.54) is 0 Å². The molecule has 4 N–H and O–H groups in total. The number of amides is 1. The zero-order chi connectivity index (χ0) is 14.7. The van der Waals surface area contributed by atoms with Crippen molar-refractivity contribution >= 4 is 11.9 Å². The van der Waals surface area contributed by atoms with Gasteiger partial charge >= 0.3 is 5.97 Å². The number of nitrogens with one attached hydrogen (secondary N) is 1. The quantitative estimate of drug-likeness (QED) is 0.534. The van der Waals surface area contributed by atoms with Gasteiger partial charge in [-0.2, -0.15) is 0 Å². The highest BCUT2D eigenvalue weighted by Crippen LogP contribution is 2.14. The van der Waals surface area contributed by atoms with E-state index in [2.05, 4.69) is 12.2 Å². The molecule has 0 radical (unpaired) electrons. The summed E-state index contributed by atoms with van der Waals surface area (Å²) >= 11 is 0. The van der Waals surface area contributed by atoms with Crippen LogP contribution in [0.25, 0.3) is 0 Å². The van der Waals surface area contributed by atoms with Gasteiger partial charge in [0.25, 0.3) is 0 Å². The Morgan fingerprint density at radius 2 is 1.95 bits per heavy atom. The van der Waals surface area contributed by atoms with E-state index in [-0.39, 0.29) is 18.2 Å². The molecule has 112 valence electrons. The second-order valence-corrected chi connectivity index (χ2v) is 5.12. The van der Waals surface area contributed by atoms with Gasteiger partial charge in [0.2, 0.25) is 5.91 Å². The fraction of sp³-hybridized carbons (Fsp3) is 0.857. The van der Waals surface area contributed by atoms with E-state index >= 15 is 0 Å². The largest absolute Gasteiger partial charge is 0.481 e. The van der Waals surface area contributed by atoms with E-state index in [4.69, 9.17) is 10.8 Å². The molecule has 0 rings (SSSR count). The van der Waals surface area contributed by atoms with Gasteiger partial charge in [0.15, 0.2) is 0 Å². The van der Waals surface area contributed by atoms with Crippen LogP contribution in [0.4, 0.5) is 0 Å². The third kappa shape index (κ3) is 9.47. The lowest BCUT2D eigenvalue weighted by Gasteiger charge is -2.16. The smallest absolute Gasteiger partial charge is 0.303 e. The molecule has 2 unspecified atom stereocenters. The third-order valence-electron chi connectivity index (χ3n) is 3.48. The summed E-state index contributed by atoms with van der Waals surface area (Å²) in [4.78, 5) is 22.3. The molecule has 0 bridgehead atoms. The van der Waals surface area contributed by atoms with Crippen LogP contribution in [-0.2, 0) is 9.59 Å². The van der Waals surface area contributed by atoms with E-state index in [1.54, 1.807) is 0 Å². The summed E-state index contributed by atoms with van der Waals surface area (Å²) in [6.45, 7) is 5.21. The molecular formula is C14H28N2O3. The Morgan fingerprint density at radius 3 is 2.47 bits per heavy atom. The van der Waals surface area contributed by atoms with Gasteiger partial charge in [-0.1, -0.05) is 20.3 Å². The van der Waals surface area contributed by atoms with Crippen molar-refractivity contribution in [1.82, 2.24) is 5.32 Å². The lowest BCUT2D eigenvalue weighted by atomic mass is 9.96. The Hall–Kier alpha value is -1.10. The molecular weight excluding hydrogens is 244 g/mol. The number of nitrogens with two attached hydrogens (primary N) is 1. The summed E-state index contributed by atoms with van der Waals surface area (Å²) in [5.41, 5.74) is 5.41. The molecule has 2 atom stereocenters. The van der Waals surface area contributed by atoms with Gasteiger partial charge < -0.3 is 16.2 Å². The first-order chi connectivity index (χ1) is 9.01. The second-order valence-electron chi connectivity index (χ2n) is 5.12. The van der Waals surface area contributed by atoms with Crippen LogP contribution in [0.15, 0.2) is 0 Å². The topological polar surface area (TPSA) is 92.4 Å². The fourth-order valence-corrected chi connectivity index (χ4v) is 2.01. The number of rotatable bonds is 11. The lowest BCUT2D eigenvalue weighted by molar-refractivity contribution is -0.137. The van der Waals surface area contributed by atoms with Crippen molar-refractivity contribution in [1.29, 1.82) is 0 Å². The number of carbonyl (C=O) groups is 2. The van der Waals surface area contributed by atoms with Crippen molar-refractivity contribution in [3.63, 3.8) is 0 Å². The molecule has 0 aromatic heterocycles. The van der Waals surface area contributed by atoms with Gasteiger partial charge in [-0.05, 0) is 38.1 Å². The summed E-state index contributed by atoms with van der Waals surface area (Å²) in [6, 6.07) is 0. The maximum absolute atomic E-state index is 11.7. The summed E-state index contributed by atoms with van der Waals surface area (Å²) in [7, 11) is 0. The van der Waals surface area contributed by atoms with Crippen LogP contribution < -0.4 is 11.1 Å². The highest BCUT2D eigenvalue weighted by atomic mass is 16.4. The molecule has 0 aliphatic rings. The van der Waals surface area contributed by atoms with Crippen molar-refractivity contribution in [2.24, 2.45) is 17.6 Å². The van der Waals surface area contributed by atoms with Crippen molar-refractivity contribution in [2.45, 2.75) is 52.4 Å². The van der Waals surface area contributed by atoms with Crippen LogP contribution >= 0.6 is 0 Å². The van der Waals surface area contributed by atoms with Crippen LogP contribution in [-0.4, -0.2) is 30.1 Å². The lowest BCUT2D eigenvalue weighted by Crippen LogP contribution is -2.31. The minimum atomic E-state index is -0.752. The Morgan fingerprint density at radius 1 is 1.26 bits per heavy atom. The van der Waals surface area contributed by atoms with Crippen molar-refractivity contribution in [2.75, 3.05) is 13.1 Å². The molecule has 0 aromatic rings. The first-order valence-corrected chi connectivity index (χ1v) is 7.20. The van der Waals surface area contributed by atoms with Crippen molar-refractivity contribution in [3.8, 4) is 0 Å². The van der Waals surface area contributed by atoms with Crippen LogP contribution in [0, 0.1) is 11.8 Å². The minimum absolute atomic E-state index is 0.00245. The number of aliphatic carboxylic acids is 1. The zero-order valence-corrected chi connectivity index (χ0v) is 12.2. The number of carboxylic acids is 1. The van der Waals surface area contributed by atoms with Gasteiger partial charge in [-0.25, -0.2) is 0 Å². The van der Waals surface area contributed by atoms with Crippen LogP contribution in [0.1, 0.15) is 52.4 Å². The maximum Gasteiger partial charge on any atom is 0.303 e. The minimum Gasteiger partial charge on any atom is -0.481 e. The molecule has 0 aliphatic heterocycles. The first-order valence-electron chi connectivity index (χ1n) is 7.20. The number of hydrogen-bond donors (Lipinski definition) is 3. The molecule has 0 spiro atoms. The third-order valence-corrected chi connectivity index (χ3v) is 3.48. The molecule has 0 fully saturated rings. The van der Waals surface area contributed by atoms with Gasteiger partial charge in [0.1, 0.15) is 0 Å². The highest BCUT2D eigenvalue weighted by molar-refractivity contribution is 5.78. The second kappa shape index (κ2) is 10.8. The number of carbonyl (C=O) groups excluding carboxylic acids is 1. The van der Waals surface area contributed by atoms with Crippen LogP contribution in [0.3, 0.4) is 0 Å². The normalized spacial score (nSPS) is 13.8. The number of hydrogen-bond acceptors (Lipinski definition) is 3. The van der Waals surface area contributed by atoms with E-state index in [0.717, 1.165) is 25.7 Å². The predicted octanol–water partition coefficient (Wildman–Crippen LogP) is 1.76. The Bertz CT molecular complexity index is 269. The van der Waals surface area contributed by atoms with E-state index in [9.17, 15) is 9.59 Å². The number of carboxylic acid groups (broad SMARTS) is 1. The average Bonchev–Trinajstić information content (AvgIpc) is 2.39. The van der Waals surface area contributed by atoms with Gasteiger partial charge in [0.05, 0.1) is 0 Å². The molecule has 19 heavy (non-hydrogen) atoms. The Balaban J connectivity index is 3.79. The summed E-state index contributed by atoms with van der Waals surface area (Å²) in [5, 5.41) is 11.6. The monoisotopic (exact) mass is 272 g/mol. The van der Waals surface area contributed by atoms with Gasteiger partial charge in [-0.3, -0.25) is 9.59 Å². The highest BCUT2D eigenvalue weighted by Gasteiger charge is 2.13. The van der Waals surface area contributed by atoms with Gasteiger partial charge in [0, 0.05) is 18.9 Å². The SMILES string of the molecule is CCC(CCNC(=O)C(C)CCCN)CCC(=O)O. The van der Waals surface area contributed by atoms with Gasteiger partial charge in [-0.15, -0.1) is 0 Å². The molecule has 0 aliphatic carbocycles. The van der Waals surface area contributed by atoms with Crippen molar-refractivity contribution in [3.05, 3.63) is 0 Å². The molecule has 0 aromatic carbocycles. The zero-order valence-electron chi connectivity index (χ0n) is 12.2. The first kappa shape index (κ1) is 17.9. The molecule has 1 amide bonds. The maximum atomic E-state index is 11.7. The molecule has 0 saturated carbocycles. The van der Waals surface area contributed by atoms with Crippen LogP contribution in [0.2, 0.25) is 0 Å². The summed E-state index contributed by atoms with van der Waals surface area (Å²) in [5.74, 6) is -0.308. The molecule has 0 heterocycles. The van der Waals surface area contributed by atoms with E-state index < -0.39 is 5.97 Å². The molecule has 5 nitrogen and oxygen atoms in total. The summed E-state index contributed by atoms with van der Waals surface area (Å²) in [6.07, 6.45) is 4.37. The van der Waals surface area contributed by atoms with E-state index in [1.807, 2.05) is 6.92 Å². The van der Waals surface area contributed by atoms with E-state index in [0.29, 0.717) is 25.4 Å². The van der Waals surface area contributed by atoms with Crippen LogP contribution in [0.5, 0.6) is 0 Å². The summed E-state index contributed by atoms with van der Waals surface area (Å²) < 4.78 is 0. The Labute approximate surface area is 115 Å². The standard InChI is InChI=1S/C14H28N2O3/c1-3-12(6-7-13(17)18)8-10-16-14(19)11(2)5-4-9-15/h11-12H,3-10,15H2,1-2H3,(H,16,19)(H,17,18).